The van der Waals surface area contributed by atoms with Gasteiger partial charge in [-0.15, -0.1) is 0 Å². The van der Waals surface area contributed by atoms with E-state index >= 15 is 0 Å². The van der Waals surface area contributed by atoms with Gasteiger partial charge in [0, 0.05) is 31.5 Å². The van der Waals surface area contributed by atoms with Crippen LogP contribution in [0.25, 0.3) is 11.1 Å². The van der Waals surface area contributed by atoms with Crippen LogP contribution in [0.1, 0.15) is 11.3 Å². The van der Waals surface area contributed by atoms with Gasteiger partial charge in [-0.25, -0.2) is 12.7 Å². The van der Waals surface area contributed by atoms with E-state index < -0.39 is 10.0 Å². The highest BCUT2D eigenvalue weighted by Gasteiger charge is 2.17. The smallest absolute Gasteiger partial charge is 0.242 e. The molecule has 1 heterocycles. The van der Waals surface area contributed by atoms with Gasteiger partial charge in [-0.05, 0) is 43.2 Å². The first-order chi connectivity index (χ1) is 9.32. The lowest BCUT2D eigenvalue weighted by molar-refractivity contribution is 0.521. The molecule has 0 unspecified atom stereocenters. The Hall–Kier alpha value is -1.72. The second kappa shape index (κ2) is 5.34. The zero-order valence-electron chi connectivity index (χ0n) is 12.1. The summed E-state index contributed by atoms with van der Waals surface area (Å²) < 4.78 is 25.6. The van der Waals surface area contributed by atoms with E-state index in [4.69, 9.17) is 0 Å². The van der Waals surface area contributed by atoms with E-state index in [0.29, 0.717) is 4.90 Å². The summed E-state index contributed by atoms with van der Waals surface area (Å²) in [5, 5.41) is 0. The fourth-order valence-electron chi connectivity index (χ4n) is 1.96. The quantitative estimate of drug-likeness (QED) is 0.873. The van der Waals surface area contributed by atoms with E-state index in [-0.39, 0.29) is 0 Å². The second-order valence-corrected chi connectivity index (χ2v) is 7.11. The van der Waals surface area contributed by atoms with Crippen molar-refractivity contribution in [1.82, 2.24) is 9.29 Å². The molecule has 0 aliphatic carbocycles. The van der Waals surface area contributed by atoms with E-state index in [1.54, 1.807) is 24.4 Å². The summed E-state index contributed by atoms with van der Waals surface area (Å²) in [4.78, 5) is 4.61. The largest absolute Gasteiger partial charge is 0.261 e. The van der Waals surface area contributed by atoms with Crippen molar-refractivity contribution in [2.75, 3.05) is 14.1 Å². The first-order valence-corrected chi connectivity index (χ1v) is 7.72. The molecule has 0 amide bonds. The molecule has 0 bridgehead atoms. The Balaban J connectivity index is 2.59. The third kappa shape index (κ3) is 2.73. The topological polar surface area (TPSA) is 50.3 Å². The Morgan fingerprint density at radius 3 is 2.45 bits per heavy atom. The summed E-state index contributed by atoms with van der Waals surface area (Å²) in [7, 11) is -0.359. The molecule has 0 fully saturated rings. The van der Waals surface area contributed by atoms with Gasteiger partial charge in [-0.2, -0.15) is 0 Å². The standard InChI is InChI=1S/C15H18N2O2S/c1-11-8-15(12(2)16-10-11)13-6-5-7-14(9-13)20(18,19)17(3)4/h5-10H,1-4H3. The molecule has 0 radical (unpaired) electrons. The molecule has 1 aromatic heterocycles. The number of hydrogen-bond donors (Lipinski definition) is 0. The number of pyridine rings is 1. The molecule has 0 saturated heterocycles. The monoisotopic (exact) mass is 290 g/mol. The average Bonchev–Trinajstić information content (AvgIpc) is 2.41. The molecule has 2 rings (SSSR count). The SMILES string of the molecule is Cc1cnc(C)c(-c2cccc(S(=O)(=O)N(C)C)c2)c1. The molecular weight excluding hydrogens is 272 g/mol. The number of aryl methyl sites for hydroxylation is 2. The van der Waals surface area contributed by atoms with Crippen molar-refractivity contribution in [1.29, 1.82) is 0 Å². The molecule has 0 N–H and O–H groups in total. The van der Waals surface area contributed by atoms with Crippen LogP contribution in [0.15, 0.2) is 41.4 Å². The normalized spacial score (nSPS) is 11.8. The fourth-order valence-corrected chi connectivity index (χ4v) is 2.91. The van der Waals surface area contributed by atoms with E-state index in [9.17, 15) is 8.42 Å². The highest BCUT2D eigenvalue weighted by Crippen LogP contribution is 2.26. The lowest BCUT2D eigenvalue weighted by Gasteiger charge is -2.13. The third-order valence-corrected chi connectivity index (χ3v) is 4.96. The molecule has 0 atom stereocenters. The molecule has 106 valence electrons. The van der Waals surface area contributed by atoms with Gasteiger partial charge in [-0.3, -0.25) is 4.98 Å². The van der Waals surface area contributed by atoms with E-state index in [1.165, 1.54) is 18.4 Å². The maximum Gasteiger partial charge on any atom is 0.242 e. The lowest BCUT2D eigenvalue weighted by atomic mass is 10.0. The summed E-state index contributed by atoms with van der Waals surface area (Å²) in [5.41, 5.74) is 3.75. The summed E-state index contributed by atoms with van der Waals surface area (Å²) in [6, 6.07) is 8.98. The minimum absolute atomic E-state index is 0.293. The molecule has 1 aromatic carbocycles. The Kier molecular flexibility index (Phi) is 3.92. The Bertz CT molecular complexity index is 737. The third-order valence-electron chi connectivity index (χ3n) is 3.15. The zero-order chi connectivity index (χ0) is 14.9. The van der Waals surface area contributed by atoms with Gasteiger partial charge in [0.25, 0.3) is 0 Å². The summed E-state index contributed by atoms with van der Waals surface area (Å²) >= 11 is 0. The van der Waals surface area contributed by atoms with Crippen LogP contribution >= 0.6 is 0 Å². The fraction of sp³-hybridized carbons (Fsp3) is 0.267. The van der Waals surface area contributed by atoms with Gasteiger partial charge in [0.15, 0.2) is 0 Å². The Morgan fingerprint density at radius 2 is 1.80 bits per heavy atom. The highest BCUT2D eigenvalue weighted by molar-refractivity contribution is 7.89. The first-order valence-electron chi connectivity index (χ1n) is 6.28. The van der Waals surface area contributed by atoms with Crippen LogP contribution in [0.3, 0.4) is 0 Å². The average molecular weight is 290 g/mol. The molecule has 4 nitrogen and oxygen atoms in total. The molecule has 2 aromatic rings. The van der Waals surface area contributed by atoms with Crippen molar-refractivity contribution >= 4 is 10.0 Å². The molecule has 5 heteroatoms. The van der Waals surface area contributed by atoms with Gasteiger partial charge in [0.1, 0.15) is 0 Å². The van der Waals surface area contributed by atoms with Crippen LogP contribution in [0.2, 0.25) is 0 Å². The van der Waals surface area contributed by atoms with Gasteiger partial charge in [0.05, 0.1) is 4.90 Å². The number of aromatic nitrogens is 1. The van der Waals surface area contributed by atoms with Crippen LogP contribution < -0.4 is 0 Å². The van der Waals surface area contributed by atoms with Crippen molar-refractivity contribution in [3.63, 3.8) is 0 Å². The maximum absolute atomic E-state index is 12.2. The molecule has 0 aliphatic rings. The molecule has 0 aliphatic heterocycles. The predicted octanol–water partition coefficient (Wildman–Crippen LogP) is 2.62. The minimum atomic E-state index is -3.42. The van der Waals surface area contributed by atoms with Crippen molar-refractivity contribution in [2.45, 2.75) is 18.7 Å². The van der Waals surface area contributed by atoms with Gasteiger partial charge >= 0.3 is 0 Å². The lowest BCUT2D eigenvalue weighted by Crippen LogP contribution is -2.22. The van der Waals surface area contributed by atoms with Crippen LogP contribution in [-0.4, -0.2) is 31.8 Å². The summed E-state index contributed by atoms with van der Waals surface area (Å²) in [6.45, 7) is 3.89. The van der Waals surface area contributed by atoms with Crippen molar-refractivity contribution < 1.29 is 8.42 Å². The number of benzene rings is 1. The Labute approximate surface area is 120 Å². The summed E-state index contributed by atoms with van der Waals surface area (Å²) in [6.07, 6.45) is 1.80. The number of hydrogen-bond acceptors (Lipinski definition) is 3. The van der Waals surface area contributed by atoms with Gasteiger partial charge in [0.2, 0.25) is 10.0 Å². The minimum Gasteiger partial charge on any atom is -0.261 e. The number of nitrogens with zero attached hydrogens (tertiary/aromatic N) is 2. The highest BCUT2D eigenvalue weighted by atomic mass is 32.2. The first kappa shape index (κ1) is 14.7. The van der Waals surface area contributed by atoms with Crippen LogP contribution in [0, 0.1) is 13.8 Å². The van der Waals surface area contributed by atoms with Crippen LogP contribution in [0.4, 0.5) is 0 Å². The molecule has 0 spiro atoms. The second-order valence-electron chi connectivity index (χ2n) is 4.96. The predicted molar refractivity (Wildman–Crippen MR) is 80.0 cm³/mol. The molecule has 0 saturated carbocycles. The number of rotatable bonds is 3. The zero-order valence-corrected chi connectivity index (χ0v) is 12.9. The summed E-state index contributed by atoms with van der Waals surface area (Å²) in [5.74, 6) is 0. The van der Waals surface area contributed by atoms with Crippen molar-refractivity contribution in [3.8, 4) is 11.1 Å². The van der Waals surface area contributed by atoms with E-state index in [2.05, 4.69) is 4.98 Å². The van der Waals surface area contributed by atoms with Crippen molar-refractivity contribution in [2.24, 2.45) is 0 Å². The van der Waals surface area contributed by atoms with Crippen molar-refractivity contribution in [3.05, 3.63) is 47.8 Å². The Morgan fingerprint density at radius 1 is 1.10 bits per heavy atom. The van der Waals surface area contributed by atoms with E-state index in [0.717, 1.165) is 22.4 Å². The van der Waals surface area contributed by atoms with Gasteiger partial charge < -0.3 is 0 Å². The van der Waals surface area contributed by atoms with Gasteiger partial charge in [-0.1, -0.05) is 12.1 Å². The van der Waals surface area contributed by atoms with Crippen LogP contribution in [-0.2, 0) is 10.0 Å². The molecule has 20 heavy (non-hydrogen) atoms. The maximum atomic E-state index is 12.2. The molecular formula is C15H18N2O2S. The number of sulfonamides is 1. The van der Waals surface area contributed by atoms with E-state index in [1.807, 2.05) is 26.0 Å². The van der Waals surface area contributed by atoms with Crippen LogP contribution in [0.5, 0.6) is 0 Å².